The largest absolute Gasteiger partial charge is 0.370 e. The van der Waals surface area contributed by atoms with Gasteiger partial charge in [-0.1, -0.05) is 245 Å². The first-order chi connectivity index (χ1) is 21.4. The van der Waals surface area contributed by atoms with Gasteiger partial charge in [-0.05, 0) is 12.8 Å². The Hall–Kier alpha value is -0.0400. The molecule has 1 heterocycles. The van der Waals surface area contributed by atoms with Crippen LogP contribution in [-0.2, 0) is 4.74 Å². The molecule has 2 atom stereocenters. The Bertz CT molecular complexity index is 501. The van der Waals surface area contributed by atoms with E-state index in [1.54, 1.807) is 0 Å². The summed E-state index contributed by atoms with van der Waals surface area (Å²) in [6.07, 6.45) is 56.6. The number of rotatable bonds is 38. The summed E-state index contributed by atoms with van der Waals surface area (Å²) in [7, 11) is 0. The molecule has 1 aliphatic heterocycles. The molecule has 1 fully saturated rings. The van der Waals surface area contributed by atoms with E-state index < -0.39 is 0 Å². The van der Waals surface area contributed by atoms with Gasteiger partial charge < -0.3 is 4.74 Å². The molecule has 0 aromatic heterocycles. The second kappa shape index (κ2) is 34.8. The van der Waals surface area contributed by atoms with Crippen molar-refractivity contribution in [1.82, 2.24) is 0 Å². The number of hydrogen-bond donors (Lipinski definition) is 0. The first-order valence-electron chi connectivity index (χ1n) is 21.0. The first kappa shape index (κ1) is 41.0. The van der Waals surface area contributed by atoms with E-state index in [0.717, 1.165) is 0 Å². The van der Waals surface area contributed by atoms with E-state index in [4.69, 9.17) is 4.74 Å². The molecule has 0 aliphatic carbocycles. The average Bonchev–Trinajstić information content (AvgIpc) is 3.77. The minimum absolute atomic E-state index is 0.633. The zero-order valence-corrected chi connectivity index (χ0v) is 30.4. The SMILES string of the molecule is CCCCCCCCCCCCCCCCCCCCCCCCCCCCCCC1OC1CCCCCCCCCC. The summed E-state index contributed by atoms with van der Waals surface area (Å²) in [5.41, 5.74) is 0. The maximum Gasteiger partial charge on any atom is 0.0841 e. The smallest absolute Gasteiger partial charge is 0.0841 e. The summed E-state index contributed by atoms with van der Waals surface area (Å²) >= 11 is 0. The van der Waals surface area contributed by atoms with Crippen LogP contribution in [0.5, 0.6) is 0 Å². The molecular formula is C42H84O. The lowest BCUT2D eigenvalue weighted by Gasteiger charge is -2.04. The van der Waals surface area contributed by atoms with Crippen molar-refractivity contribution in [3.8, 4) is 0 Å². The quantitative estimate of drug-likeness (QED) is 0.0504. The molecule has 0 spiro atoms. The number of ether oxygens (including phenoxy) is 1. The Kier molecular flexibility index (Phi) is 33.2. The van der Waals surface area contributed by atoms with Crippen molar-refractivity contribution in [3.05, 3.63) is 0 Å². The molecule has 0 aromatic carbocycles. The van der Waals surface area contributed by atoms with Crippen molar-refractivity contribution in [2.24, 2.45) is 0 Å². The fraction of sp³-hybridized carbons (Fsp3) is 1.00. The predicted molar refractivity (Wildman–Crippen MR) is 195 cm³/mol. The van der Waals surface area contributed by atoms with E-state index in [0.29, 0.717) is 12.2 Å². The highest BCUT2D eigenvalue weighted by molar-refractivity contribution is 4.84. The lowest BCUT2D eigenvalue weighted by atomic mass is 10.0. The van der Waals surface area contributed by atoms with E-state index in [1.165, 1.54) is 244 Å². The van der Waals surface area contributed by atoms with E-state index >= 15 is 0 Å². The van der Waals surface area contributed by atoms with Crippen LogP contribution in [0.25, 0.3) is 0 Å². The lowest BCUT2D eigenvalue weighted by molar-refractivity contribution is 0.347. The Morgan fingerprint density at radius 3 is 0.581 bits per heavy atom. The van der Waals surface area contributed by atoms with E-state index in [2.05, 4.69) is 13.8 Å². The molecule has 0 bridgehead atoms. The summed E-state index contributed by atoms with van der Waals surface area (Å²) in [5, 5.41) is 0. The monoisotopic (exact) mass is 605 g/mol. The Balaban J connectivity index is 1.63. The molecule has 258 valence electrons. The van der Waals surface area contributed by atoms with Gasteiger partial charge in [0.15, 0.2) is 0 Å². The van der Waals surface area contributed by atoms with Crippen molar-refractivity contribution < 1.29 is 4.74 Å². The molecule has 1 heteroatoms. The van der Waals surface area contributed by atoms with Crippen LogP contribution in [0.4, 0.5) is 0 Å². The van der Waals surface area contributed by atoms with Crippen LogP contribution in [0, 0.1) is 0 Å². The van der Waals surface area contributed by atoms with E-state index in [1.807, 2.05) is 0 Å². The number of unbranched alkanes of at least 4 members (excludes halogenated alkanes) is 34. The summed E-state index contributed by atoms with van der Waals surface area (Å²) in [6.45, 7) is 4.61. The highest BCUT2D eigenvalue weighted by atomic mass is 16.6. The fourth-order valence-corrected chi connectivity index (χ4v) is 7.18. The van der Waals surface area contributed by atoms with Crippen LogP contribution in [-0.4, -0.2) is 12.2 Å². The lowest BCUT2D eigenvalue weighted by Crippen LogP contribution is -1.95. The molecular weight excluding hydrogens is 520 g/mol. The van der Waals surface area contributed by atoms with Gasteiger partial charge in [0.25, 0.3) is 0 Å². The summed E-state index contributed by atoms with van der Waals surface area (Å²) < 4.78 is 5.94. The zero-order valence-electron chi connectivity index (χ0n) is 30.4. The Morgan fingerprint density at radius 1 is 0.233 bits per heavy atom. The second-order valence-electron chi connectivity index (χ2n) is 14.8. The fourth-order valence-electron chi connectivity index (χ4n) is 7.18. The van der Waals surface area contributed by atoms with Gasteiger partial charge in [0, 0.05) is 0 Å². The normalized spacial score (nSPS) is 16.3. The first-order valence-corrected chi connectivity index (χ1v) is 21.0. The summed E-state index contributed by atoms with van der Waals surface area (Å²) in [4.78, 5) is 0. The Labute approximate surface area is 274 Å². The van der Waals surface area contributed by atoms with Gasteiger partial charge in [0.1, 0.15) is 0 Å². The molecule has 1 aliphatic rings. The Morgan fingerprint density at radius 2 is 0.395 bits per heavy atom. The molecule has 1 nitrogen and oxygen atoms in total. The summed E-state index contributed by atoms with van der Waals surface area (Å²) in [6, 6.07) is 0. The molecule has 0 amide bonds. The molecule has 0 N–H and O–H groups in total. The van der Waals surface area contributed by atoms with Gasteiger partial charge in [-0.3, -0.25) is 0 Å². The second-order valence-corrected chi connectivity index (χ2v) is 14.8. The van der Waals surface area contributed by atoms with Crippen molar-refractivity contribution in [2.75, 3.05) is 0 Å². The van der Waals surface area contributed by atoms with Crippen LogP contribution in [0.15, 0.2) is 0 Å². The van der Waals surface area contributed by atoms with Gasteiger partial charge >= 0.3 is 0 Å². The predicted octanol–water partition coefficient (Wildman–Crippen LogP) is 15.6. The van der Waals surface area contributed by atoms with Crippen LogP contribution in [0.3, 0.4) is 0 Å². The van der Waals surface area contributed by atoms with Crippen LogP contribution in [0.2, 0.25) is 0 Å². The van der Waals surface area contributed by atoms with Gasteiger partial charge in [0.2, 0.25) is 0 Å². The van der Waals surface area contributed by atoms with Gasteiger partial charge in [-0.2, -0.15) is 0 Å². The minimum atomic E-state index is 0.633. The van der Waals surface area contributed by atoms with Gasteiger partial charge in [-0.25, -0.2) is 0 Å². The molecule has 1 rings (SSSR count). The van der Waals surface area contributed by atoms with Crippen molar-refractivity contribution >= 4 is 0 Å². The highest BCUT2D eigenvalue weighted by Gasteiger charge is 2.36. The average molecular weight is 605 g/mol. The van der Waals surface area contributed by atoms with Crippen molar-refractivity contribution in [1.29, 1.82) is 0 Å². The van der Waals surface area contributed by atoms with Crippen LogP contribution >= 0.6 is 0 Å². The van der Waals surface area contributed by atoms with E-state index in [9.17, 15) is 0 Å². The molecule has 0 saturated carbocycles. The van der Waals surface area contributed by atoms with Crippen LogP contribution < -0.4 is 0 Å². The van der Waals surface area contributed by atoms with Crippen molar-refractivity contribution in [3.63, 3.8) is 0 Å². The number of epoxide rings is 1. The maximum atomic E-state index is 5.94. The molecule has 0 aromatic rings. The third-order valence-corrected chi connectivity index (χ3v) is 10.4. The van der Waals surface area contributed by atoms with Gasteiger partial charge in [-0.15, -0.1) is 0 Å². The maximum absolute atomic E-state index is 5.94. The molecule has 2 unspecified atom stereocenters. The molecule has 43 heavy (non-hydrogen) atoms. The number of hydrogen-bond acceptors (Lipinski definition) is 1. The zero-order chi connectivity index (χ0) is 30.7. The summed E-state index contributed by atoms with van der Waals surface area (Å²) in [5.74, 6) is 0. The standard InChI is InChI=1S/C42H84O/c1-3-5-7-9-11-13-14-15-16-17-18-19-20-21-22-23-24-25-26-27-28-29-30-31-32-34-36-38-40-42-41(43-42)39-37-35-33-12-10-8-6-4-2/h41-42H,3-40H2,1-2H3. The van der Waals surface area contributed by atoms with Crippen molar-refractivity contribution in [2.45, 2.75) is 270 Å². The van der Waals surface area contributed by atoms with E-state index in [-0.39, 0.29) is 0 Å². The minimum Gasteiger partial charge on any atom is -0.370 e. The molecule has 0 radical (unpaired) electrons. The highest BCUT2D eigenvalue weighted by Crippen LogP contribution is 2.32. The topological polar surface area (TPSA) is 12.5 Å². The van der Waals surface area contributed by atoms with Crippen LogP contribution in [0.1, 0.15) is 258 Å². The third-order valence-electron chi connectivity index (χ3n) is 10.4. The van der Waals surface area contributed by atoms with Gasteiger partial charge in [0.05, 0.1) is 12.2 Å². The third kappa shape index (κ3) is 31.7. The molecule has 1 saturated heterocycles.